The number of aryl methyl sites for hydroxylation is 1. The van der Waals surface area contributed by atoms with Crippen LogP contribution in [0.2, 0.25) is 0 Å². The number of aromatic nitrogens is 1. The molecule has 1 aromatic heterocycles. The second kappa shape index (κ2) is 3.18. The van der Waals surface area contributed by atoms with Gasteiger partial charge in [0, 0.05) is 17.3 Å². The molecular weight excluding hydrogens is 176 g/mol. The molecule has 14 heavy (non-hydrogen) atoms. The van der Waals surface area contributed by atoms with Crippen LogP contribution in [0.25, 0.3) is 10.9 Å². The molecule has 72 valence electrons. The number of nitrogens with zero attached hydrogens (tertiary/aromatic N) is 1. The highest BCUT2D eigenvalue weighted by molar-refractivity contribution is 5.88. The van der Waals surface area contributed by atoms with E-state index >= 15 is 0 Å². The topological polar surface area (TPSA) is 48.1 Å². The highest BCUT2D eigenvalue weighted by Crippen LogP contribution is 2.27. The first-order valence-electron chi connectivity index (χ1n) is 4.41. The van der Waals surface area contributed by atoms with Crippen LogP contribution in [0.5, 0.6) is 5.75 Å². The fourth-order valence-corrected chi connectivity index (χ4v) is 1.47. The molecule has 0 bridgehead atoms. The maximum Gasteiger partial charge on any atom is 0.129 e. The van der Waals surface area contributed by atoms with E-state index in [9.17, 15) is 0 Å². The van der Waals surface area contributed by atoms with Gasteiger partial charge in [0.05, 0.1) is 12.6 Å². The number of nitrogen functional groups attached to an aromatic ring is 1. The first-order valence-corrected chi connectivity index (χ1v) is 4.41. The SMILES string of the molecule is COc1ccnc2cc(C)c(N)cc12. The van der Waals surface area contributed by atoms with Crippen LogP contribution in [-0.2, 0) is 0 Å². The monoisotopic (exact) mass is 188 g/mol. The van der Waals surface area contributed by atoms with E-state index in [0.29, 0.717) is 0 Å². The molecule has 2 rings (SSSR count). The van der Waals surface area contributed by atoms with E-state index in [1.54, 1.807) is 13.3 Å². The number of ether oxygens (including phenoxy) is 1. The van der Waals surface area contributed by atoms with Gasteiger partial charge in [-0.1, -0.05) is 0 Å². The molecule has 0 amide bonds. The van der Waals surface area contributed by atoms with E-state index in [1.807, 2.05) is 25.1 Å². The molecule has 0 saturated carbocycles. The molecule has 0 radical (unpaired) electrons. The average molecular weight is 188 g/mol. The van der Waals surface area contributed by atoms with Crippen LogP contribution in [0, 0.1) is 6.92 Å². The normalized spacial score (nSPS) is 10.4. The zero-order chi connectivity index (χ0) is 10.1. The number of rotatable bonds is 1. The molecule has 1 aromatic carbocycles. The van der Waals surface area contributed by atoms with Crippen molar-refractivity contribution in [1.29, 1.82) is 0 Å². The summed E-state index contributed by atoms with van der Waals surface area (Å²) in [5.74, 6) is 0.807. The Hall–Kier alpha value is -1.77. The van der Waals surface area contributed by atoms with Gasteiger partial charge in [-0.05, 0) is 30.7 Å². The van der Waals surface area contributed by atoms with Gasteiger partial charge in [-0.2, -0.15) is 0 Å². The summed E-state index contributed by atoms with van der Waals surface area (Å²) in [6.45, 7) is 1.97. The van der Waals surface area contributed by atoms with E-state index < -0.39 is 0 Å². The number of benzene rings is 1. The highest BCUT2D eigenvalue weighted by atomic mass is 16.5. The van der Waals surface area contributed by atoms with Gasteiger partial charge in [0.15, 0.2) is 0 Å². The summed E-state index contributed by atoms with van der Waals surface area (Å²) in [6, 6.07) is 5.70. The number of hydrogen-bond donors (Lipinski definition) is 1. The van der Waals surface area contributed by atoms with E-state index in [4.69, 9.17) is 10.5 Å². The Labute approximate surface area is 82.5 Å². The van der Waals surface area contributed by atoms with Gasteiger partial charge in [-0.25, -0.2) is 0 Å². The molecule has 0 spiro atoms. The third-order valence-corrected chi connectivity index (χ3v) is 2.31. The van der Waals surface area contributed by atoms with Crippen molar-refractivity contribution >= 4 is 16.6 Å². The smallest absolute Gasteiger partial charge is 0.129 e. The lowest BCUT2D eigenvalue weighted by Crippen LogP contribution is -1.92. The molecule has 0 fully saturated rings. The lowest BCUT2D eigenvalue weighted by atomic mass is 10.1. The van der Waals surface area contributed by atoms with Crippen LogP contribution in [0.3, 0.4) is 0 Å². The zero-order valence-corrected chi connectivity index (χ0v) is 8.24. The molecule has 2 N–H and O–H groups in total. The van der Waals surface area contributed by atoms with Crippen molar-refractivity contribution < 1.29 is 4.74 Å². The largest absolute Gasteiger partial charge is 0.496 e. The third kappa shape index (κ3) is 1.27. The number of fused-ring (bicyclic) bond motifs is 1. The van der Waals surface area contributed by atoms with Gasteiger partial charge in [-0.15, -0.1) is 0 Å². The Bertz CT molecular complexity index is 480. The number of nitrogens with two attached hydrogens (primary N) is 1. The number of methoxy groups -OCH3 is 1. The second-order valence-corrected chi connectivity index (χ2v) is 3.24. The van der Waals surface area contributed by atoms with Gasteiger partial charge in [0.25, 0.3) is 0 Å². The molecule has 0 aliphatic carbocycles. The summed E-state index contributed by atoms with van der Waals surface area (Å²) in [5, 5.41) is 0.957. The summed E-state index contributed by atoms with van der Waals surface area (Å²) < 4.78 is 5.23. The van der Waals surface area contributed by atoms with E-state index in [1.165, 1.54) is 0 Å². The quantitative estimate of drug-likeness (QED) is 0.697. The minimum atomic E-state index is 0.767. The van der Waals surface area contributed by atoms with Crippen molar-refractivity contribution in [3.8, 4) is 5.75 Å². The molecule has 0 aliphatic rings. The second-order valence-electron chi connectivity index (χ2n) is 3.24. The van der Waals surface area contributed by atoms with E-state index in [-0.39, 0.29) is 0 Å². The Morgan fingerprint density at radius 2 is 2.14 bits per heavy atom. The van der Waals surface area contributed by atoms with Crippen LogP contribution in [0.4, 0.5) is 5.69 Å². The predicted molar refractivity (Wildman–Crippen MR) is 57.4 cm³/mol. The molecule has 0 unspecified atom stereocenters. The molecule has 0 aliphatic heterocycles. The minimum absolute atomic E-state index is 0.767. The molecule has 2 aromatic rings. The molecule has 1 heterocycles. The highest BCUT2D eigenvalue weighted by Gasteiger charge is 2.04. The average Bonchev–Trinajstić information content (AvgIpc) is 2.19. The Morgan fingerprint density at radius 1 is 1.36 bits per heavy atom. The predicted octanol–water partition coefficient (Wildman–Crippen LogP) is 2.13. The first kappa shape index (κ1) is 8.81. The fourth-order valence-electron chi connectivity index (χ4n) is 1.47. The summed E-state index contributed by atoms with van der Waals surface area (Å²) in [7, 11) is 1.64. The van der Waals surface area contributed by atoms with Crippen molar-refractivity contribution in [1.82, 2.24) is 4.98 Å². The van der Waals surface area contributed by atoms with Crippen molar-refractivity contribution in [3.63, 3.8) is 0 Å². The van der Waals surface area contributed by atoms with Gasteiger partial charge in [0.2, 0.25) is 0 Å². The van der Waals surface area contributed by atoms with Crippen LogP contribution >= 0.6 is 0 Å². The van der Waals surface area contributed by atoms with Crippen molar-refractivity contribution in [2.45, 2.75) is 6.92 Å². The summed E-state index contributed by atoms with van der Waals surface area (Å²) in [5.41, 5.74) is 8.55. The van der Waals surface area contributed by atoms with Gasteiger partial charge in [-0.3, -0.25) is 4.98 Å². The Balaban J connectivity index is 2.81. The summed E-state index contributed by atoms with van der Waals surface area (Å²) in [4.78, 5) is 4.26. The Kier molecular flexibility index (Phi) is 2.00. The summed E-state index contributed by atoms with van der Waals surface area (Å²) >= 11 is 0. The van der Waals surface area contributed by atoms with Crippen LogP contribution < -0.4 is 10.5 Å². The van der Waals surface area contributed by atoms with Crippen LogP contribution in [0.15, 0.2) is 24.4 Å². The lowest BCUT2D eigenvalue weighted by Gasteiger charge is -2.06. The molecular formula is C11H12N2O. The molecule has 0 atom stereocenters. The molecule has 3 nitrogen and oxygen atoms in total. The van der Waals surface area contributed by atoms with Crippen molar-refractivity contribution in [2.24, 2.45) is 0 Å². The summed E-state index contributed by atoms with van der Waals surface area (Å²) in [6.07, 6.45) is 1.73. The van der Waals surface area contributed by atoms with E-state index in [2.05, 4.69) is 4.98 Å². The van der Waals surface area contributed by atoms with Gasteiger partial charge >= 0.3 is 0 Å². The van der Waals surface area contributed by atoms with Crippen molar-refractivity contribution in [3.05, 3.63) is 30.0 Å². The first-order chi connectivity index (χ1) is 6.72. The number of hydrogen-bond acceptors (Lipinski definition) is 3. The number of pyridine rings is 1. The van der Waals surface area contributed by atoms with Gasteiger partial charge < -0.3 is 10.5 Å². The van der Waals surface area contributed by atoms with Crippen LogP contribution in [0.1, 0.15) is 5.56 Å². The molecule has 3 heteroatoms. The maximum absolute atomic E-state index is 5.83. The van der Waals surface area contributed by atoms with E-state index in [0.717, 1.165) is 27.9 Å². The van der Waals surface area contributed by atoms with Gasteiger partial charge in [0.1, 0.15) is 5.75 Å². The maximum atomic E-state index is 5.83. The lowest BCUT2D eigenvalue weighted by molar-refractivity contribution is 0.419. The Morgan fingerprint density at radius 3 is 2.86 bits per heavy atom. The number of anilines is 1. The molecule has 0 saturated heterocycles. The standard InChI is InChI=1S/C11H12N2O/c1-7-5-10-8(6-9(7)12)11(14-2)3-4-13-10/h3-6H,12H2,1-2H3. The van der Waals surface area contributed by atoms with Crippen LogP contribution in [-0.4, -0.2) is 12.1 Å². The minimum Gasteiger partial charge on any atom is -0.496 e. The third-order valence-electron chi connectivity index (χ3n) is 2.31. The van der Waals surface area contributed by atoms with Crippen molar-refractivity contribution in [2.75, 3.05) is 12.8 Å². The fraction of sp³-hybridized carbons (Fsp3) is 0.182. The zero-order valence-electron chi connectivity index (χ0n) is 8.24.